The highest BCUT2D eigenvalue weighted by Crippen LogP contribution is 2.32. The van der Waals surface area contributed by atoms with Gasteiger partial charge in [0.2, 0.25) is 0 Å². The van der Waals surface area contributed by atoms with Crippen molar-refractivity contribution in [1.82, 2.24) is 5.32 Å². The normalized spacial score (nSPS) is 10.9. The fourth-order valence-electron chi connectivity index (χ4n) is 3.38. The highest BCUT2D eigenvalue weighted by molar-refractivity contribution is 6.02. The number of aryl methyl sites for hydroxylation is 1. The number of hydrogen-bond acceptors (Lipinski definition) is 4. The number of carbonyl (C=O) groups is 2. The number of halogens is 3. The minimum atomic E-state index is -4.58. The average Bonchev–Trinajstić information content (AvgIpc) is 2.87. The molecule has 0 bridgehead atoms. The Morgan fingerprint density at radius 3 is 2.30 bits per heavy atom. The van der Waals surface area contributed by atoms with Crippen molar-refractivity contribution in [2.24, 2.45) is 0 Å². The number of hydrogen-bond donors (Lipinski definition) is 3. The molecule has 11 heteroatoms. The number of nitrogens with zero attached hydrogens (tertiary/aromatic N) is 1. The molecule has 3 aromatic carbocycles. The predicted octanol–water partition coefficient (Wildman–Crippen LogP) is 5.89. The molecular formula is C26H27F3N4O4. The topological polar surface area (TPSA) is 91.9 Å². The van der Waals surface area contributed by atoms with Crippen LogP contribution in [0.2, 0.25) is 0 Å². The quantitative estimate of drug-likeness (QED) is 0.348. The van der Waals surface area contributed by atoms with Gasteiger partial charge in [0.15, 0.2) is 0 Å². The molecule has 3 aromatic rings. The number of nitrogens with one attached hydrogen (secondary N) is 3. The maximum absolute atomic E-state index is 13.3. The van der Waals surface area contributed by atoms with Crippen LogP contribution in [0.3, 0.4) is 0 Å². The second-order valence-electron chi connectivity index (χ2n) is 7.94. The first-order chi connectivity index (χ1) is 17.6. The van der Waals surface area contributed by atoms with E-state index in [2.05, 4.69) is 16.0 Å². The van der Waals surface area contributed by atoms with Gasteiger partial charge >= 0.3 is 18.2 Å². The molecule has 0 radical (unpaired) electrons. The maximum Gasteiger partial charge on any atom is 0.416 e. The van der Waals surface area contributed by atoms with Crippen molar-refractivity contribution < 1.29 is 32.2 Å². The molecule has 0 heterocycles. The standard InChI is InChI=1S/C26H27F3N4O4/c1-17-7-9-19(10-8-17)31-25(35)33(20-6-4-5-18(15-20)26(27,28)29)14-13-30-24(34)32-22-12-11-21(36-2)16-23(22)37-3/h4-12,15-16H,13-14H2,1-3H3,(H,31,35)(H2,30,32,34). The van der Waals surface area contributed by atoms with Crippen LogP contribution >= 0.6 is 0 Å². The van der Waals surface area contributed by atoms with Crippen LogP contribution in [0.5, 0.6) is 11.5 Å². The van der Waals surface area contributed by atoms with Gasteiger partial charge in [-0.15, -0.1) is 0 Å². The molecule has 196 valence electrons. The van der Waals surface area contributed by atoms with Crippen molar-refractivity contribution in [3.63, 3.8) is 0 Å². The minimum Gasteiger partial charge on any atom is -0.497 e. The molecule has 3 N–H and O–H groups in total. The first-order valence-corrected chi connectivity index (χ1v) is 11.2. The number of carbonyl (C=O) groups excluding carboxylic acids is 2. The van der Waals surface area contributed by atoms with E-state index >= 15 is 0 Å². The molecular weight excluding hydrogens is 489 g/mol. The number of alkyl halides is 3. The van der Waals surface area contributed by atoms with Gasteiger partial charge in [0.05, 0.1) is 25.5 Å². The summed E-state index contributed by atoms with van der Waals surface area (Å²) in [6.07, 6.45) is -4.58. The molecule has 4 amide bonds. The zero-order chi connectivity index (χ0) is 27.0. The number of methoxy groups -OCH3 is 2. The van der Waals surface area contributed by atoms with Crippen molar-refractivity contribution in [2.45, 2.75) is 13.1 Å². The van der Waals surface area contributed by atoms with Gasteiger partial charge in [0.25, 0.3) is 0 Å². The molecule has 0 aliphatic carbocycles. The molecule has 0 atom stereocenters. The van der Waals surface area contributed by atoms with E-state index in [1.165, 1.54) is 26.4 Å². The van der Waals surface area contributed by atoms with Gasteiger partial charge in [-0.25, -0.2) is 9.59 Å². The van der Waals surface area contributed by atoms with E-state index in [1.807, 2.05) is 6.92 Å². The van der Waals surface area contributed by atoms with Crippen LogP contribution in [0, 0.1) is 6.92 Å². The lowest BCUT2D eigenvalue weighted by molar-refractivity contribution is -0.137. The van der Waals surface area contributed by atoms with Gasteiger partial charge in [-0.2, -0.15) is 13.2 Å². The monoisotopic (exact) mass is 516 g/mol. The molecule has 0 aliphatic heterocycles. The second kappa shape index (κ2) is 12.0. The summed E-state index contributed by atoms with van der Waals surface area (Å²) in [6, 6.07) is 15.0. The molecule has 0 spiro atoms. The Labute approximate surface area is 212 Å². The number of urea groups is 2. The lowest BCUT2D eigenvalue weighted by Gasteiger charge is -2.24. The summed E-state index contributed by atoms with van der Waals surface area (Å²) in [5.74, 6) is 0.914. The third-order valence-corrected chi connectivity index (χ3v) is 5.31. The zero-order valence-corrected chi connectivity index (χ0v) is 20.5. The van der Waals surface area contributed by atoms with Crippen molar-refractivity contribution in [3.8, 4) is 11.5 Å². The van der Waals surface area contributed by atoms with E-state index in [4.69, 9.17) is 9.47 Å². The Hall–Kier alpha value is -4.41. The Balaban J connectivity index is 1.73. The van der Waals surface area contributed by atoms with Gasteiger partial charge in [-0.05, 0) is 49.4 Å². The van der Waals surface area contributed by atoms with E-state index in [0.717, 1.165) is 22.6 Å². The summed E-state index contributed by atoms with van der Waals surface area (Å²) in [5, 5.41) is 7.91. The Morgan fingerprint density at radius 2 is 1.65 bits per heavy atom. The van der Waals surface area contributed by atoms with E-state index in [1.54, 1.807) is 42.5 Å². The largest absolute Gasteiger partial charge is 0.497 e. The Morgan fingerprint density at radius 1 is 0.919 bits per heavy atom. The van der Waals surface area contributed by atoms with Gasteiger partial charge in [-0.3, -0.25) is 4.90 Å². The zero-order valence-electron chi connectivity index (χ0n) is 20.5. The van der Waals surface area contributed by atoms with Gasteiger partial charge < -0.3 is 25.4 Å². The summed E-state index contributed by atoms with van der Waals surface area (Å²) in [7, 11) is 2.94. The first-order valence-electron chi connectivity index (χ1n) is 11.2. The third kappa shape index (κ3) is 7.53. The molecule has 37 heavy (non-hydrogen) atoms. The van der Waals surface area contributed by atoms with Crippen LogP contribution in [0.4, 0.5) is 39.8 Å². The van der Waals surface area contributed by atoms with Gasteiger partial charge in [0, 0.05) is 30.5 Å². The Bertz CT molecular complexity index is 1230. The molecule has 0 saturated carbocycles. The molecule has 0 aromatic heterocycles. The fraction of sp³-hybridized carbons (Fsp3) is 0.231. The van der Waals surface area contributed by atoms with E-state index in [0.29, 0.717) is 22.9 Å². The van der Waals surface area contributed by atoms with Crippen molar-refractivity contribution in [1.29, 1.82) is 0 Å². The molecule has 0 saturated heterocycles. The molecule has 0 aliphatic rings. The van der Waals surface area contributed by atoms with Crippen molar-refractivity contribution in [2.75, 3.05) is 42.8 Å². The Kier molecular flexibility index (Phi) is 8.83. The predicted molar refractivity (Wildman–Crippen MR) is 136 cm³/mol. The lowest BCUT2D eigenvalue weighted by Crippen LogP contribution is -2.42. The van der Waals surface area contributed by atoms with Crippen LogP contribution < -0.4 is 30.3 Å². The fourth-order valence-corrected chi connectivity index (χ4v) is 3.38. The van der Waals surface area contributed by atoms with Crippen molar-refractivity contribution >= 4 is 29.1 Å². The van der Waals surface area contributed by atoms with E-state index in [-0.39, 0.29) is 18.8 Å². The molecule has 0 unspecified atom stereocenters. The van der Waals surface area contributed by atoms with E-state index < -0.39 is 23.8 Å². The molecule has 8 nitrogen and oxygen atoms in total. The third-order valence-electron chi connectivity index (χ3n) is 5.31. The van der Waals surface area contributed by atoms with Crippen molar-refractivity contribution in [3.05, 3.63) is 77.9 Å². The van der Waals surface area contributed by atoms with Gasteiger partial charge in [-0.1, -0.05) is 23.8 Å². The first kappa shape index (κ1) is 27.2. The lowest BCUT2D eigenvalue weighted by atomic mass is 10.2. The average molecular weight is 517 g/mol. The summed E-state index contributed by atoms with van der Waals surface area (Å²) in [6.45, 7) is 1.73. The van der Waals surface area contributed by atoms with Crippen LogP contribution in [0.25, 0.3) is 0 Å². The molecule has 0 fully saturated rings. The number of anilines is 3. The number of ether oxygens (including phenoxy) is 2. The van der Waals surface area contributed by atoms with Crippen LogP contribution in [0.1, 0.15) is 11.1 Å². The summed E-state index contributed by atoms with van der Waals surface area (Å²) < 4.78 is 50.2. The highest BCUT2D eigenvalue weighted by Gasteiger charge is 2.31. The summed E-state index contributed by atoms with van der Waals surface area (Å²) in [4.78, 5) is 26.6. The number of rotatable bonds is 8. The van der Waals surface area contributed by atoms with Crippen LogP contribution in [0.15, 0.2) is 66.7 Å². The second-order valence-corrected chi connectivity index (χ2v) is 7.94. The highest BCUT2D eigenvalue weighted by atomic mass is 19.4. The summed E-state index contributed by atoms with van der Waals surface area (Å²) in [5.41, 5.74) is 0.975. The summed E-state index contributed by atoms with van der Waals surface area (Å²) >= 11 is 0. The SMILES string of the molecule is COc1ccc(NC(=O)NCCN(C(=O)Nc2ccc(C)cc2)c2cccc(C(F)(F)F)c2)c(OC)c1. The smallest absolute Gasteiger partial charge is 0.416 e. The number of benzene rings is 3. The van der Waals surface area contributed by atoms with Gasteiger partial charge in [0.1, 0.15) is 11.5 Å². The number of amides is 4. The molecule has 3 rings (SSSR count). The maximum atomic E-state index is 13.3. The minimum absolute atomic E-state index is 0.0264. The van der Waals surface area contributed by atoms with Crippen LogP contribution in [-0.2, 0) is 6.18 Å². The van der Waals surface area contributed by atoms with E-state index in [9.17, 15) is 22.8 Å². The van der Waals surface area contributed by atoms with Crippen LogP contribution in [-0.4, -0.2) is 39.4 Å².